The Hall–Kier alpha value is -2.45. The molecular formula is C19H16ClF2NO2. The van der Waals surface area contributed by atoms with Gasteiger partial charge in [-0.15, -0.1) is 0 Å². The van der Waals surface area contributed by atoms with Crippen molar-refractivity contribution < 1.29 is 18.3 Å². The van der Waals surface area contributed by atoms with Crippen LogP contribution in [0.15, 0.2) is 30.3 Å². The van der Waals surface area contributed by atoms with Crippen molar-refractivity contribution in [1.29, 1.82) is 5.26 Å². The second kappa shape index (κ2) is 7.20. The summed E-state index contributed by atoms with van der Waals surface area (Å²) in [5.41, 5.74) is -1.40. The largest absolute Gasteiger partial charge is 0.465 e. The minimum Gasteiger partial charge on any atom is -0.465 e. The highest BCUT2D eigenvalue weighted by Gasteiger charge is 2.38. The molecule has 130 valence electrons. The van der Waals surface area contributed by atoms with E-state index in [9.17, 15) is 18.8 Å². The van der Waals surface area contributed by atoms with Crippen molar-refractivity contribution in [2.45, 2.75) is 25.7 Å². The van der Waals surface area contributed by atoms with E-state index in [4.69, 9.17) is 16.3 Å². The number of carbonyl (C=O) groups is 1. The highest BCUT2D eigenvalue weighted by atomic mass is 35.5. The monoisotopic (exact) mass is 363 g/mol. The quantitative estimate of drug-likeness (QED) is 0.733. The molecule has 0 heterocycles. The predicted octanol–water partition coefficient (Wildman–Crippen LogP) is 4.80. The fourth-order valence-corrected chi connectivity index (χ4v) is 3.13. The molecule has 0 aromatic heterocycles. The Morgan fingerprint density at radius 2 is 2.00 bits per heavy atom. The summed E-state index contributed by atoms with van der Waals surface area (Å²) in [6, 6.07) is 8.66. The van der Waals surface area contributed by atoms with Crippen molar-refractivity contribution in [3.05, 3.63) is 69.2 Å². The average molecular weight is 364 g/mol. The minimum absolute atomic E-state index is 0.0178. The number of nitriles is 1. The molecule has 0 spiro atoms. The van der Waals surface area contributed by atoms with Crippen LogP contribution in [0.4, 0.5) is 8.78 Å². The van der Waals surface area contributed by atoms with Crippen LogP contribution in [0, 0.1) is 23.0 Å². The molecule has 0 saturated heterocycles. The summed E-state index contributed by atoms with van der Waals surface area (Å²) in [4.78, 5) is 12.2. The van der Waals surface area contributed by atoms with Crippen LogP contribution in [-0.2, 0) is 16.6 Å². The lowest BCUT2D eigenvalue weighted by Crippen LogP contribution is -2.28. The number of benzene rings is 2. The zero-order chi connectivity index (χ0) is 18.8. The van der Waals surface area contributed by atoms with Gasteiger partial charge < -0.3 is 4.74 Å². The Morgan fingerprint density at radius 3 is 2.56 bits per heavy atom. The molecule has 25 heavy (non-hydrogen) atoms. The molecular weight excluding hydrogens is 348 g/mol. The van der Waals surface area contributed by atoms with Crippen molar-refractivity contribution >= 4 is 17.6 Å². The second-order valence-electron chi connectivity index (χ2n) is 5.63. The van der Waals surface area contributed by atoms with Crippen LogP contribution in [0.2, 0.25) is 5.02 Å². The van der Waals surface area contributed by atoms with Gasteiger partial charge in [0.1, 0.15) is 17.0 Å². The lowest BCUT2D eigenvalue weighted by Gasteiger charge is -2.28. The van der Waals surface area contributed by atoms with Crippen LogP contribution in [0.5, 0.6) is 0 Å². The Balaban J connectivity index is 2.94. The van der Waals surface area contributed by atoms with Crippen LogP contribution < -0.4 is 0 Å². The van der Waals surface area contributed by atoms with E-state index >= 15 is 0 Å². The van der Waals surface area contributed by atoms with Gasteiger partial charge in [-0.1, -0.05) is 30.7 Å². The number of methoxy groups -OCH3 is 1. The Kier molecular flexibility index (Phi) is 5.44. The van der Waals surface area contributed by atoms with E-state index in [-0.39, 0.29) is 33.7 Å². The van der Waals surface area contributed by atoms with E-state index in [1.807, 2.05) is 6.07 Å². The first-order valence-electron chi connectivity index (χ1n) is 7.57. The van der Waals surface area contributed by atoms with E-state index in [0.29, 0.717) is 0 Å². The molecule has 0 aliphatic rings. The van der Waals surface area contributed by atoms with Gasteiger partial charge in [-0.05, 0) is 42.7 Å². The van der Waals surface area contributed by atoms with Gasteiger partial charge in [-0.3, -0.25) is 0 Å². The molecule has 2 aromatic rings. The third-order valence-corrected chi connectivity index (χ3v) is 4.52. The van der Waals surface area contributed by atoms with E-state index < -0.39 is 23.0 Å². The molecule has 0 saturated carbocycles. The number of halogens is 3. The SMILES string of the molecule is CCc1c(F)ccc(C(=O)OC)c1C(C)(C#N)c1cccc(Cl)c1F. The first-order chi connectivity index (χ1) is 11.8. The molecule has 1 unspecified atom stereocenters. The van der Waals surface area contributed by atoms with Gasteiger partial charge in [0, 0.05) is 5.56 Å². The first kappa shape index (κ1) is 18.9. The van der Waals surface area contributed by atoms with Crippen molar-refractivity contribution in [2.75, 3.05) is 7.11 Å². The Morgan fingerprint density at radius 1 is 1.32 bits per heavy atom. The minimum atomic E-state index is -1.63. The van der Waals surface area contributed by atoms with E-state index in [1.165, 1.54) is 38.3 Å². The van der Waals surface area contributed by atoms with E-state index in [0.717, 1.165) is 6.07 Å². The number of hydrogen-bond donors (Lipinski definition) is 0. The van der Waals surface area contributed by atoms with Crippen LogP contribution >= 0.6 is 11.6 Å². The van der Waals surface area contributed by atoms with E-state index in [2.05, 4.69) is 0 Å². The molecule has 0 bridgehead atoms. The van der Waals surface area contributed by atoms with Gasteiger partial charge in [0.2, 0.25) is 0 Å². The maximum Gasteiger partial charge on any atom is 0.338 e. The van der Waals surface area contributed by atoms with Crippen molar-refractivity contribution in [1.82, 2.24) is 0 Å². The lowest BCUT2D eigenvalue weighted by atomic mass is 9.72. The van der Waals surface area contributed by atoms with Crippen LogP contribution in [0.25, 0.3) is 0 Å². The van der Waals surface area contributed by atoms with Gasteiger partial charge in [0.15, 0.2) is 0 Å². The molecule has 1 atom stereocenters. The van der Waals surface area contributed by atoms with Crippen LogP contribution in [0.3, 0.4) is 0 Å². The number of rotatable bonds is 4. The number of esters is 1. The number of ether oxygens (including phenoxy) is 1. The highest BCUT2D eigenvalue weighted by molar-refractivity contribution is 6.30. The molecule has 0 radical (unpaired) electrons. The normalized spacial score (nSPS) is 13.0. The summed E-state index contributed by atoms with van der Waals surface area (Å²) in [7, 11) is 1.19. The Labute approximate surface area is 149 Å². The molecule has 0 aliphatic carbocycles. The Bertz CT molecular complexity index is 876. The molecule has 2 rings (SSSR count). The number of carbonyl (C=O) groups excluding carboxylic acids is 1. The highest BCUT2D eigenvalue weighted by Crippen LogP contribution is 2.40. The molecule has 0 aliphatic heterocycles. The first-order valence-corrected chi connectivity index (χ1v) is 7.95. The summed E-state index contributed by atoms with van der Waals surface area (Å²) in [6.07, 6.45) is 0.214. The number of nitrogens with zero attached hydrogens (tertiary/aromatic N) is 1. The lowest BCUT2D eigenvalue weighted by molar-refractivity contribution is 0.0598. The van der Waals surface area contributed by atoms with Gasteiger partial charge in [0.25, 0.3) is 0 Å². The summed E-state index contributed by atoms with van der Waals surface area (Å²) in [5.74, 6) is -2.09. The fraction of sp³-hybridized carbons (Fsp3) is 0.263. The van der Waals surface area contributed by atoms with Gasteiger partial charge in [-0.2, -0.15) is 5.26 Å². The average Bonchev–Trinajstić information content (AvgIpc) is 2.62. The topological polar surface area (TPSA) is 50.1 Å². The molecule has 0 fully saturated rings. The predicted molar refractivity (Wildman–Crippen MR) is 90.6 cm³/mol. The summed E-state index contributed by atoms with van der Waals surface area (Å²) < 4.78 is 33.8. The van der Waals surface area contributed by atoms with E-state index in [1.54, 1.807) is 6.92 Å². The molecule has 0 amide bonds. The smallest absolute Gasteiger partial charge is 0.338 e. The zero-order valence-corrected chi connectivity index (χ0v) is 14.7. The van der Waals surface area contributed by atoms with Crippen molar-refractivity contribution in [2.24, 2.45) is 0 Å². The maximum absolute atomic E-state index is 14.6. The zero-order valence-electron chi connectivity index (χ0n) is 14.0. The second-order valence-corrected chi connectivity index (χ2v) is 6.04. The maximum atomic E-state index is 14.6. The summed E-state index contributed by atoms with van der Waals surface area (Å²) in [6.45, 7) is 3.12. The molecule has 6 heteroatoms. The molecule has 3 nitrogen and oxygen atoms in total. The molecule has 2 aromatic carbocycles. The number of hydrogen-bond acceptors (Lipinski definition) is 3. The van der Waals surface area contributed by atoms with Gasteiger partial charge in [-0.25, -0.2) is 13.6 Å². The summed E-state index contributed by atoms with van der Waals surface area (Å²) >= 11 is 5.85. The van der Waals surface area contributed by atoms with Crippen LogP contribution in [0.1, 0.15) is 40.9 Å². The standard InChI is InChI=1S/C19H16ClF2NO2/c1-4-11-15(21)9-8-12(18(24)25-3)16(11)19(2,10-23)13-6-5-7-14(20)17(13)22/h5-9H,4H2,1-3H3. The van der Waals surface area contributed by atoms with Crippen molar-refractivity contribution in [3.63, 3.8) is 0 Å². The third-order valence-electron chi connectivity index (χ3n) is 4.23. The molecule has 0 N–H and O–H groups in total. The van der Waals surface area contributed by atoms with Crippen LogP contribution in [-0.4, -0.2) is 13.1 Å². The fourth-order valence-electron chi connectivity index (χ4n) is 2.96. The van der Waals surface area contributed by atoms with Crippen molar-refractivity contribution in [3.8, 4) is 6.07 Å². The van der Waals surface area contributed by atoms with Gasteiger partial charge in [0.05, 0.1) is 23.8 Å². The summed E-state index contributed by atoms with van der Waals surface area (Å²) in [5, 5.41) is 9.70. The van der Waals surface area contributed by atoms with Gasteiger partial charge >= 0.3 is 5.97 Å². The third kappa shape index (κ3) is 3.10.